The van der Waals surface area contributed by atoms with Crippen molar-refractivity contribution in [2.24, 2.45) is 5.92 Å². The number of hydrogen-bond donors (Lipinski definition) is 2. The van der Waals surface area contributed by atoms with Crippen molar-refractivity contribution in [1.29, 1.82) is 0 Å². The molecule has 0 bridgehead atoms. The second-order valence-corrected chi connectivity index (χ2v) is 5.01. The van der Waals surface area contributed by atoms with Gasteiger partial charge in [0.15, 0.2) is 6.61 Å². The lowest BCUT2D eigenvalue weighted by Gasteiger charge is -2.27. The summed E-state index contributed by atoms with van der Waals surface area (Å²) in [5, 5.41) is 6.84. The third-order valence-corrected chi connectivity index (χ3v) is 3.45. The van der Waals surface area contributed by atoms with Crippen molar-refractivity contribution in [1.82, 2.24) is 10.6 Å². The van der Waals surface area contributed by atoms with E-state index in [4.69, 9.17) is 27.9 Å². The number of carbonyl (C=O) groups is 1. The number of halogens is 3. The summed E-state index contributed by atoms with van der Waals surface area (Å²) < 4.78 is 5.32. The molecule has 0 aliphatic carbocycles. The molecule has 19 heavy (non-hydrogen) atoms. The molecule has 1 aliphatic heterocycles. The molecule has 1 aromatic rings. The quantitative estimate of drug-likeness (QED) is 0.872. The molecule has 0 saturated carbocycles. The van der Waals surface area contributed by atoms with Crippen LogP contribution in [-0.2, 0) is 4.79 Å². The van der Waals surface area contributed by atoms with Crippen LogP contribution >= 0.6 is 35.6 Å². The first kappa shape index (κ1) is 16.4. The van der Waals surface area contributed by atoms with Crippen LogP contribution in [0.5, 0.6) is 5.75 Å². The van der Waals surface area contributed by atoms with E-state index in [-0.39, 0.29) is 24.9 Å². The van der Waals surface area contributed by atoms with Crippen molar-refractivity contribution in [3.63, 3.8) is 0 Å². The molecule has 1 heterocycles. The predicted molar refractivity (Wildman–Crippen MR) is 78.6 cm³/mol. The molecule has 1 saturated heterocycles. The van der Waals surface area contributed by atoms with Crippen LogP contribution in [0.25, 0.3) is 0 Å². The summed E-state index contributed by atoms with van der Waals surface area (Å²) in [7, 11) is 0. The van der Waals surface area contributed by atoms with Gasteiger partial charge in [-0.3, -0.25) is 4.79 Å². The Kier molecular flexibility index (Phi) is 6.72. The Morgan fingerprint density at radius 3 is 2.68 bits per heavy atom. The van der Waals surface area contributed by atoms with Crippen LogP contribution in [0.1, 0.15) is 0 Å². The molecular formula is C12H15Cl3N2O2. The molecule has 106 valence electrons. The molecule has 0 spiro atoms. The van der Waals surface area contributed by atoms with E-state index in [9.17, 15) is 4.79 Å². The van der Waals surface area contributed by atoms with E-state index in [0.717, 1.165) is 13.1 Å². The van der Waals surface area contributed by atoms with Gasteiger partial charge in [0.2, 0.25) is 0 Å². The number of carbonyl (C=O) groups excluding carboxylic acids is 1. The topological polar surface area (TPSA) is 50.4 Å². The maximum Gasteiger partial charge on any atom is 0.257 e. The molecule has 7 heteroatoms. The van der Waals surface area contributed by atoms with Crippen LogP contribution in [0.15, 0.2) is 18.2 Å². The summed E-state index contributed by atoms with van der Waals surface area (Å²) in [5.41, 5.74) is 0. The van der Waals surface area contributed by atoms with E-state index in [1.54, 1.807) is 18.2 Å². The van der Waals surface area contributed by atoms with Crippen LogP contribution in [0.2, 0.25) is 10.0 Å². The molecule has 2 rings (SSSR count). The molecule has 0 atom stereocenters. The first-order valence-corrected chi connectivity index (χ1v) is 6.46. The van der Waals surface area contributed by atoms with Crippen molar-refractivity contribution >= 4 is 41.5 Å². The van der Waals surface area contributed by atoms with Crippen molar-refractivity contribution in [3.05, 3.63) is 28.2 Å². The minimum absolute atomic E-state index is 0. The highest BCUT2D eigenvalue weighted by Gasteiger charge is 2.17. The normalized spacial score (nSPS) is 14.2. The third-order valence-electron chi connectivity index (χ3n) is 2.71. The van der Waals surface area contributed by atoms with Gasteiger partial charge in [0, 0.05) is 31.6 Å². The number of nitrogens with one attached hydrogen (secondary N) is 2. The Balaban J connectivity index is 0.00000180. The Labute approximate surface area is 128 Å². The average Bonchev–Trinajstić information content (AvgIpc) is 2.29. The number of benzene rings is 1. The predicted octanol–water partition coefficient (Wildman–Crippen LogP) is 2.13. The summed E-state index contributed by atoms with van der Waals surface area (Å²) in [5.74, 6) is 0.941. The monoisotopic (exact) mass is 324 g/mol. The second-order valence-electron chi connectivity index (χ2n) is 4.19. The Hall–Kier alpha value is -0.680. The van der Waals surface area contributed by atoms with Crippen LogP contribution in [0.4, 0.5) is 0 Å². The van der Waals surface area contributed by atoms with Crippen LogP contribution in [0, 0.1) is 5.92 Å². The zero-order valence-corrected chi connectivity index (χ0v) is 12.4. The minimum Gasteiger partial charge on any atom is -0.484 e. The van der Waals surface area contributed by atoms with Gasteiger partial charge in [-0.1, -0.05) is 23.2 Å². The first-order valence-electron chi connectivity index (χ1n) is 5.70. The van der Waals surface area contributed by atoms with E-state index >= 15 is 0 Å². The lowest BCUT2D eigenvalue weighted by atomic mass is 10.0. The Morgan fingerprint density at radius 2 is 2.11 bits per heavy atom. The SMILES string of the molecule is Cl.O=C(COc1ccc(Cl)c(Cl)c1)NCC1CNC1. The highest BCUT2D eigenvalue weighted by atomic mass is 35.5. The zero-order chi connectivity index (χ0) is 13.0. The van der Waals surface area contributed by atoms with Gasteiger partial charge in [-0.15, -0.1) is 12.4 Å². The van der Waals surface area contributed by atoms with Crippen molar-refractivity contribution < 1.29 is 9.53 Å². The standard InChI is InChI=1S/C12H14Cl2N2O2.ClH/c13-10-2-1-9(3-11(10)14)18-7-12(17)16-6-8-4-15-5-8;/h1-3,8,15H,4-7H2,(H,16,17);1H. The molecule has 0 aromatic heterocycles. The van der Waals surface area contributed by atoms with Crippen LogP contribution < -0.4 is 15.4 Å². The Bertz CT molecular complexity index is 439. The van der Waals surface area contributed by atoms with Gasteiger partial charge in [-0.05, 0) is 12.1 Å². The van der Waals surface area contributed by atoms with Crippen molar-refractivity contribution in [3.8, 4) is 5.75 Å². The van der Waals surface area contributed by atoms with Gasteiger partial charge < -0.3 is 15.4 Å². The van der Waals surface area contributed by atoms with Gasteiger partial charge >= 0.3 is 0 Å². The molecule has 1 aliphatic rings. The largest absolute Gasteiger partial charge is 0.484 e. The second kappa shape index (κ2) is 7.80. The maximum atomic E-state index is 11.5. The van der Waals surface area contributed by atoms with E-state index in [2.05, 4.69) is 10.6 Å². The van der Waals surface area contributed by atoms with Crippen molar-refractivity contribution in [2.75, 3.05) is 26.2 Å². The zero-order valence-electron chi connectivity index (χ0n) is 10.1. The van der Waals surface area contributed by atoms with Gasteiger partial charge in [0.25, 0.3) is 5.91 Å². The lowest BCUT2D eigenvalue weighted by Crippen LogP contribution is -2.48. The summed E-state index contributed by atoms with van der Waals surface area (Å²) in [6.45, 7) is 2.61. The summed E-state index contributed by atoms with van der Waals surface area (Å²) in [6, 6.07) is 4.90. The minimum atomic E-state index is -0.132. The molecule has 1 fully saturated rings. The molecule has 1 amide bonds. The highest BCUT2D eigenvalue weighted by Crippen LogP contribution is 2.26. The summed E-state index contributed by atoms with van der Waals surface area (Å²) >= 11 is 11.6. The molecule has 0 radical (unpaired) electrons. The van der Waals surface area contributed by atoms with Gasteiger partial charge in [-0.2, -0.15) is 0 Å². The van der Waals surface area contributed by atoms with Crippen LogP contribution in [0.3, 0.4) is 0 Å². The summed E-state index contributed by atoms with van der Waals surface area (Å²) in [4.78, 5) is 11.5. The fourth-order valence-electron chi connectivity index (χ4n) is 1.52. The van der Waals surface area contributed by atoms with Gasteiger partial charge in [0.05, 0.1) is 10.0 Å². The van der Waals surface area contributed by atoms with Crippen LogP contribution in [-0.4, -0.2) is 32.1 Å². The molecule has 0 unspecified atom stereocenters. The highest BCUT2D eigenvalue weighted by molar-refractivity contribution is 6.42. The summed E-state index contributed by atoms with van der Waals surface area (Å²) in [6.07, 6.45) is 0. The molecule has 1 aromatic carbocycles. The number of rotatable bonds is 5. The van der Waals surface area contributed by atoms with E-state index in [1.165, 1.54) is 0 Å². The Morgan fingerprint density at radius 1 is 1.37 bits per heavy atom. The van der Waals surface area contributed by atoms with E-state index in [1.807, 2.05) is 0 Å². The fraction of sp³-hybridized carbons (Fsp3) is 0.417. The number of ether oxygens (including phenoxy) is 1. The third kappa shape index (κ3) is 5.07. The lowest BCUT2D eigenvalue weighted by molar-refractivity contribution is -0.123. The maximum absolute atomic E-state index is 11.5. The fourth-order valence-corrected chi connectivity index (χ4v) is 1.81. The molecule has 4 nitrogen and oxygen atoms in total. The molecule has 2 N–H and O–H groups in total. The van der Waals surface area contributed by atoms with E-state index < -0.39 is 0 Å². The van der Waals surface area contributed by atoms with Gasteiger partial charge in [0.1, 0.15) is 5.75 Å². The molecular weight excluding hydrogens is 311 g/mol. The van der Waals surface area contributed by atoms with E-state index in [0.29, 0.717) is 28.3 Å². The van der Waals surface area contributed by atoms with Crippen molar-refractivity contribution in [2.45, 2.75) is 0 Å². The average molecular weight is 326 g/mol. The smallest absolute Gasteiger partial charge is 0.257 e. The number of hydrogen-bond acceptors (Lipinski definition) is 3. The first-order chi connectivity index (χ1) is 8.65. The number of amides is 1. The van der Waals surface area contributed by atoms with Gasteiger partial charge in [-0.25, -0.2) is 0 Å².